The van der Waals surface area contributed by atoms with Crippen LogP contribution in [0, 0.1) is 0 Å². The van der Waals surface area contributed by atoms with Crippen LogP contribution in [-0.4, -0.2) is 55.3 Å². The molecule has 0 aliphatic carbocycles. The second-order valence-electron chi connectivity index (χ2n) is 5.88. The van der Waals surface area contributed by atoms with Crippen LogP contribution < -0.4 is 0 Å². The SMILES string of the molecule is CN1Cc2nc(/C=C3/C(=O)N4C(C(=O)O)=CCC34)cn2CC1=O. The Morgan fingerprint density at radius 2 is 2.17 bits per heavy atom. The van der Waals surface area contributed by atoms with Crippen molar-refractivity contribution in [2.45, 2.75) is 25.6 Å². The van der Waals surface area contributed by atoms with E-state index >= 15 is 0 Å². The third kappa shape index (κ3) is 1.91. The van der Waals surface area contributed by atoms with Crippen LogP contribution in [0.4, 0.5) is 0 Å². The molecule has 0 radical (unpaired) electrons. The third-order valence-electron chi connectivity index (χ3n) is 4.44. The molecule has 0 bridgehead atoms. The number of carboxylic acid groups (broad SMARTS) is 1. The fourth-order valence-corrected chi connectivity index (χ4v) is 3.21. The molecular weight excluding hydrogens is 300 g/mol. The number of hydrogen-bond acceptors (Lipinski definition) is 4. The second-order valence-corrected chi connectivity index (χ2v) is 5.88. The number of rotatable bonds is 2. The van der Waals surface area contributed by atoms with Crippen LogP contribution >= 0.6 is 0 Å². The van der Waals surface area contributed by atoms with Gasteiger partial charge in [-0.15, -0.1) is 0 Å². The van der Waals surface area contributed by atoms with Gasteiger partial charge < -0.3 is 14.6 Å². The van der Waals surface area contributed by atoms with Gasteiger partial charge in [0.15, 0.2) is 0 Å². The molecule has 3 aliphatic rings. The number of nitrogens with zero attached hydrogens (tertiary/aromatic N) is 4. The van der Waals surface area contributed by atoms with E-state index in [0.29, 0.717) is 24.2 Å². The van der Waals surface area contributed by atoms with Gasteiger partial charge in [0, 0.05) is 18.8 Å². The Morgan fingerprint density at radius 1 is 1.39 bits per heavy atom. The fourth-order valence-electron chi connectivity index (χ4n) is 3.21. The van der Waals surface area contributed by atoms with Gasteiger partial charge in [-0.05, 0) is 12.5 Å². The molecule has 0 saturated carbocycles. The number of likely N-dealkylation sites (N-methyl/N-ethyl adjacent to an activating group) is 1. The molecule has 1 aromatic heterocycles. The lowest BCUT2D eigenvalue weighted by molar-refractivity contribution is -0.142. The minimum absolute atomic E-state index is 0.0195. The number of hydrogen-bond donors (Lipinski definition) is 1. The van der Waals surface area contributed by atoms with E-state index in [9.17, 15) is 14.4 Å². The van der Waals surface area contributed by atoms with Gasteiger partial charge in [-0.3, -0.25) is 14.5 Å². The number of fused-ring (bicyclic) bond motifs is 2. The van der Waals surface area contributed by atoms with Crippen molar-refractivity contribution in [1.29, 1.82) is 0 Å². The predicted octanol–water partition coefficient (Wildman–Crippen LogP) is -0.179. The van der Waals surface area contributed by atoms with Gasteiger partial charge in [-0.1, -0.05) is 6.08 Å². The largest absolute Gasteiger partial charge is 0.477 e. The highest BCUT2D eigenvalue weighted by Gasteiger charge is 2.48. The lowest BCUT2D eigenvalue weighted by atomic mass is 9.94. The summed E-state index contributed by atoms with van der Waals surface area (Å²) in [7, 11) is 1.73. The van der Waals surface area contributed by atoms with Crippen molar-refractivity contribution in [2.24, 2.45) is 0 Å². The lowest BCUT2D eigenvalue weighted by Crippen LogP contribution is -2.52. The highest BCUT2D eigenvalue weighted by atomic mass is 16.4. The first kappa shape index (κ1) is 13.7. The Labute approximate surface area is 131 Å². The molecule has 4 heterocycles. The molecule has 1 saturated heterocycles. The van der Waals surface area contributed by atoms with Crippen molar-refractivity contribution in [2.75, 3.05) is 7.05 Å². The van der Waals surface area contributed by atoms with Crippen LogP contribution in [0.1, 0.15) is 17.9 Å². The molecule has 2 amide bonds. The number of carbonyl (C=O) groups is 3. The number of β-lactam (4-membered cyclic amide) rings is 1. The molecule has 118 valence electrons. The van der Waals surface area contributed by atoms with Crippen molar-refractivity contribution in [3.05, 3.63) is 35.1 Å². The minimum Gasteiger partial charge on any atom is -0.477 e. The molecule has 8 nitrogen and oxygen atoms in total. The highest BCUT2D eigenvalue weighted by molar-refractivity contribution is 6.10. The van der Waals surface area contributed by atoms with E-state index in [-0.39, 0.29) is 30.1 Å². The Bertz CT molecular complexity index is 819. The van der Waals surface area contributed by atoms with Crippen molar-refractivity contribution in [1.82, 2.24) is 19.4 Å². The van der Waals surface area contributed by atoms with Crippen LogP contribution in [0.2, 0.25) is 0 Å². The van der Waals surface area contributed by atoms with E-state index in [1.54, 1.807) is 34.9 Å². The van der Waals surface area contributed by atoms with E-state index in [4.69, 9.17) is 5.11 Å². The highest BCUT2D eigenvalue weighted by Crippen LogP contribution is 2.38. The molecule has 1 fully saturated rings. The maximum Gasteiger partial charge on any atom is 0.352 e. The summed E-state index contributed by atoms with van der Waals surface area (Å²) >= 11 is 0. The molecule has 8 heteroatoms. The molecule has 3 aliphatic heterocycles. The number of amides is 2. The van der Waals surface area contributed by atoms with Crippen molar-refractivity contribution >= 4 is 23.9 Å². The lowest BCUT2D eigenvalue weighted by Gasteiger charge is -2.38. The Kier molecular flexibility index (Phi) is 2.72. The molecule has 1 unspecified atom stereocenters. The average molecular weight is 314 g/mol. The Morgan fingerprint density at radius 3 is 2.91 bits per heavy atom. The average Bonchev–Trinajstić information content (AvgIpc) is 3.06. The van der Waals surface area contributed by atoms with Crippen molar-refractivity contribution in [3.8, 4) is 0 Å². The number of imidazole rings is 1. The van der Waals surface area contributed by atoms with Crippen LogP contribution in [0.25, 0.3) is 6.08 Å². The third-order valence-corrected chi connectivity index (χ3v) is 4.44. The summed E-state index contributed by atoms with van der Waals surface area (Å²) < 4.78 is 1.78. The van der Waals surface area contributed by atoms with Crippen LogP contribution in [0.5, 0.6) is 0 Å². The zero-order valence-electron chi connectivity index (χ0n) is 12.4. The van der Waals surface area contributed by atoms with Crippen LogP contribution in [0.15, 0.2) is 23.5 Å². The summed E-state index contributed by atoms with van der Waals surface area (Å²) in [5.41, 5.74) is 1.23. The maximum atomic E-state index is 12.2. The van der Waals surface area contributed by atoms with Crippen molar-refractivity contribution < 1.29 is 19.5 Å². The number of carbonyl (C=O) groups excluding carboxylic acids is 2. The molecular formula is C15H14N4O4. The van der Waals surface area contributed by atoms with E-state index in [2.05, 4.69) is 4.98 Å². The van der Waals surface area contributed by atoms with Gasteiger partial charge in [0.25, 0.3) is 5.91 Å². The molecule has 23 heavy (non-hydrogen) atoms. The monoisotopic (exact) mass is 314 g/mol. The summed E-state index contributed by atoms with van der Waals surface area (Å²) in [5.74, 6) is -0.580. The van der Waals surface area contributed by atoms with Crippen LogP contribution in [0.3, 0.4) is 0 Å². The summed E-state index contributed by atoms with van der Waals surface area (Å²) in [5, 5.41) is 9.06. The minimum atomic E-state index is -1.08. The van der Waals surface area contributed by atoms with Gasteiger partial charge >= 0.3 is 5.97 Å². The van der Waals surface area contributed by atoms with Crippen molar-refractivity contribution in [3.63, 3.8) is 0 Å². The van der Waals surface area contributed by atoms with E-state index < -0.39 is 5.97 Å². The summed E-state index contributed by atoms with van der Waals surface area (Å²) in [6, 6.07) is -0.211. The molecule has 1 aromatic rings. The topological polar surface area (TPSA) is 95.7 Å². The Hall–Kier alpha value is -2.90. The second kappa shape index (κ2) is 4.55. The molecule has 0 spiro atoms. The van der Waals surface area contributed by atoms with E-state index in [0.717, 1.165) is 5.82 Å². The van der Waals surface area contributed by atoms with Gasteiger partial charge in [-0.25, -0.2) is 9.78 Å². The molecule has 1 atom stereocenters. The van der Waals surface area contributed by atoms with E-state index in [1.165, 1.54) is 4.90 Å². The van der Waals surface area contributed by atoms with Gasteiger partial charge in [-0.2, -0.15) is 0 Å². The summed E-state index contributed by atoms with van der Waals surface area (Å²) in [4.78, 5) is 42.3. The molecule has 1 N–H and O–H groups in total. The predicted molar refractivity (Wildman–Crippen MR) is 77.6 cm³/mol. The zero-order valence-corrected chi connectivity index (χ0v) is 12.4. The van der Waals surface area contributed by atoms with Gasteiger partial charge in [0.2, 0.25) is 5.91 Å². The number of aliphatic carboxylic acids is 1. The zero-order chi connectivity index (χ0) is 16.3. The normalized spacial score (nSPS) is 24.5. The van der Waals surface area contributed by atoms with E-state index in [1.807, 2.05) is 0 Å². The first-order chi connectivity index (χ1) is 11.0. The first-order valence-corrected chi connectivity index (χ1v) is 7.24. The molecule has 0 aromatic carbocycles. The summed E-state index contributed by atoms with van der Waals surface area (Å²) in [6.45, 7) is 0.687. The Balaban J connectivity index is 1.59. The first-order valence-electron chi connectivity index (χ1n) is 7.24. The summed E-state index contributed by atoms with van der Waals surface area (Å²) in [6.07, 6.45) is 5.52. The quantitative estimate of drug-likeness (QED) is 0.603. The standard InChI is InChI=1S/C15H14N4O4/c1-17-6-12-16-8(5-18(12)7-13(17)20)4-9-10-2-3-11(15(22)23)19(10)14(9)21/h3-5,10H,2,6-7H2,1H3,(H,22,23)/b9-4+. The smallest absolute Gasteiger partial charge is 0.352 e. The van der Waals surface area contributed by atoms with Gasteiger partial charge in [0.05, 0.1) is 18.3 Å². The number of carboxylic acids is 1. The van der Waals surface area contributed by atoms with Gasteiger partial charge in [0.1, 0.15) is 18.1 Å². The number of aromatic nitrogens is 2. The van der Waals surface area contributed by atoms with Crippen LogP contribution in [-0.2, 0) is 27.5 Å². The fraction of sp³-hybridized carbons (Fsp3) is 0.333. The molecule has 4 rings (SSSR count). The maximum absolute atomic E-state index is 12.2.